The summed E-state index contributed by atoms with van der Waals surface area (Å²) in [4.78, 5) is 24.2. The summed E-state index contributed by atoms with van der Waals surface area (Å²) in [6.07, 6.45) is 1.84. The summed E-state index contributed by atoms with van der Waals surface area (Å²) >= 11 is 6.34. The third kappa shape index (κ3) is 7.24. The molecular formula is C23H29ClN2O5. The molecule has 0 aliphatic heterocycles. The Balaban J connectivity index is 2.15. The zero-order chi connectivity index (χ0) is 22.8. The Bertz CT molecular complexity index is 876. The fourth-order valence-electron chi connectivity index (χ4n) is 3.27. The van der Waals surface area contributed by atoms with E-state index in [4.69, 9.17) is 22.1 Å². The first kappa shape index (κ1) is 24.7. The van der Waals surface area contributed by atoms with Crippen molar-refractivity contribution >= 4 is 23.5 Å². The first-order chi connectivity index (χ1) is 14.9. The SMILES string of the molecule is COc1cc(C(O)CCc2ccccc2)cc(Cl)c1C(=O)N[C@@H](CCCCN)C(=O)O. The lowest BCUT2D eigenvalue weighted by Gasteiger charge is -2.18. The zero-order valence-electron chi connectivity index (χ0n) is 17.5. The van der Waals surface area contributed by atoms with E-state index < -0.39 is 24.0 Å². The van der Waals surface area contributed by atoms with E-state index in [1.165, 1.54) is 13.2 Å². The van der Waals surface area contributed by atoms with Crippen molar-refractivity contribution in [2.75, 3.05) is 13.7 Å². The summed E-state index contributed by atoms with van der Waals surface area (Å²) in [5.41, 5.74) is 7.10. The minimum Gasteiger partial charge on any atom is -0.496 e. The second kappa shape index (κ2) is 12.3. The maximum absolute atomic E-state index is 12.8. The lowest BCUT2D eigenvalue weighted by molar-refractivity contribution is -0.139. The Morgan fingerprint density at radius 3 is 2.48 bits per heavy atom. The largest absolute Gasteiger partial charge is 0.496 e. The van der Waals surface area contributed by atoms with Crippen LogP contribution in [0.15, 0.2) is 42.5 Å². The predicted octanol–water partition coefficient (Wildman–Crippen LogP) is 3.33. The number of rotatable bonds is 12. The number of carboxylic acid groups (broad SMARTS) is 1. The van der Waals surface area contributed by atoms with Crippen molar-refractivity contribution < 1.29 is 24.5 Å². The molecule has 2 aromatic rings. The molecule has 1 amide bonds. The number of hydrogen-bond acceptors (Lipinski definition) is 5. The number of halogens is 1. The monoisotopic (exact) mass is 448 g/mol. The molecule has 0 heterocycles. The number of unbranched alkanes of at least 4 members (excludes halogenated alkanes) is 1. The van der Waals surface area contributed by atoms with Crippen LogP contribution in [0.5, 0.6) is 5.75 Å². The van der Waals surface area contributed by atoms with Crippen LogP contribution < -0.4 is 15.8 Å². The average Bonchev–Trinajstić information content (AvgIpc) is 2.76. The topological polar surface area (TPSA) is 122 Å². The molecule has 2 atom stereocenters. The number of aliphatic carboxylic acids is 1. The Kier molecular flexibility index (Phi) is 9.78. The van der Waals surface area contributed by atoms with E-state index in [1.54, 1.807) is 6.07 Å². The second-order valence-corrected chi connectivity index (χ2v) is 7.68. The van der Waals surface area contributed by atoms with Crippen LogP contribution in [0, 0.1) is 0 Å². The van der Waals surface area contributed by atoms with Crippen LogP contribution in [-0.4, -0.2) is 41.8 Å². The molecule has 0 bridgehead atoms. The van der Waals surface area contributed by atoms with Crippen LogP contribution in [0.25, 0.3) is 0 Å². The standard InChI is InChI=1S/C23H29ClN2O5/c1-31-20-14-16(19(27)11-10-15-7-3-2-4-8-15)13-17(24)21(20)22(28)26-18(23(29)30)9-5-6-12-25/h2-4,7-8,13-14,18-19,27H,5-6,9-12,25H2,1H3,(H,26,28)(H,29,30)/t18-,19?/m0/s1. The summed E-state index contributed by atoms with van der Waals surface area (Å²) in [5, 5.41) is 22.6. The van der Waals surface area contributed by atoms with Crippen LogP contribution in [-0.2, 0) is 11.2 Å². The first-order valence-electron chi connectivity index (χ1n) is 10.2. The zero-order valence-corrected chi connectivity index (χ0v) is 18.3. The van der Waals surface area contributed by atoms with Crippen LogP contribution in [0.3, 0.4) is 0 Å². The number of nitrogens with two attached hydrogens (primary N) is 1. The molecule has 0 aromatic heterocycles. The Hall–Kier alpha value is -2.61. The molecule has 5 N–H and O–H groups in total. The highest BCUT2D eigenvalue weighted by atomic mass is 35.5. The molecule has 1 unspecified atom stereocenters. The average molecular weight is 449 g/mol. The van der Waals surface area contributed by atoms with Gasteiger partial charge in [-0.3, -0.25) is 4.79 Å². The van der Waals surface area contributed by atoms with Crippen molar-refractivity contribution in [3.8, 4) is 5.75 Å². The molecule has 8 heteroatoms. The van der Waals surface area contributed by atoms with Gasteiger partial charge in [0.1, 0.15) is 11.8 Å². The fraction of sp³-hybridized carbons (Fsp3) is 0.391. The van der Waals surface area contributed by atoms with Crippen molar-refractivity contribution in [2.45, 2.75) is 44.2 Å². The van der Waals surface area contributed by atoms with Crippen LogP contribution in [0.4, 0.5) is 0 Å². The lowest BCUT2D eigenvalue weighted by atomic mass is 9.99. The van der Waals surface area contributed by atoms with Gasteiger partial charge in [0.15, 0.2) is 0 Å². The number of hydrogen-bond donors (Lipinski definition) is 4. The van der Waals surface area contributed by atoms with E-state index in [2.05, 4.69) is 5.32 Å². The highest BCUT2D eigenvalue weighted by Crippen LogP contribution is 2.32. The quantitative estimate of drug-likeness (QED) is 0.369. The molecule has 0 radical (unpaired) electrons. The molecule has 168 valence electrons. The number of aliphatic hydroxyl groups is 1. The Labute approximate surface area is 187 Å². The number of carbonyl (C=O) groups excluding carboxylic acids is 1. The summed E-state index contributed by atoms with van der Waals surface area (Å²) < 4.78 is 5.32. The number of nitrogens with one attached hydrogen (secondary N) is 1. The van der Waals surface area contributed by atoms with E-state index in [0.717, 1.165) is 5.56 Å². The molecule has 0 fully saturated rings. The van der Waals surface area contributed by atoms with Gasteiger partial charge in [-0.15, -0.1) is 0 Å². The van der Waals surface area contributed by atoms with E-state index in [0.29, 0.717) is 37.8 Å². The van der Waals surface area contributed by atoms with Gasteiger partial charge in [-0.2, -0.15) is 0 Å². The van der Waals surface area contributed by atoms with Crippen LogP contribution in [0.2, 0.25) is 5.02 Å². The minimum absolute atomic E-state index is 0.0354. The van der Waals surface area contributed by atoms with E-state index in [1.807, 2.05) is 30.3 Å². The molecule has 31 heavy (non-hydrogen) atoms. The number of aryl methyl sites for hydroxylation is 1. The van der Waals surface area contributed by atoms with Gasteiger partial charge >= 0.3 is 5.97 Å². The lowest BCUT2D eigenvalue weighted by Crippen LogP contribution is -2.41. The summed E-state index contributed by atoms with van der Waals surface area (Å²) in [5.74, 6) is -1.61. The number of amides is 1. The summed E-state index contributed by atoms with van der Waals surface area (Å²) in [6.45, 7) is 0.452. The third-order valence-electron chi connectivity index (χ3n) is 5.01. The van der Waals surface area contributed by atoms with Gasteiger partial charge in [-0.25, -0.2) is 4.79 Å². The molecule has 0 spiro atoms. The minimum atomic E-state index is -1.13. The molecule has 2 aromatic carbocycles. The highest BCUT2D eigenvalue weighted by molar-refractivity contribution is 6.34. The molecular weight excluding hydrogens is 420 g/mol. The number of carbonyl (C=O) groups is 2. The van der Waals surface area contributed by atoms with E-state index in [-0.39, 0.29) is 22.8 Å². The van der Waals surface area contributed by atoms with Crippen molar-refractivity contribution in [2.24, 2.45) is 5.73 Å². The van der Waals surface area contributed by atoms with Crippen molar-refractivity contribution in [3.63, 3.8) is 0 Å². The number of ether oxygens (including phenoxy) is 1. The van der Waals surface area contributed by atoms with Gasteiger partial charge in [0.05, 0.1) is 23.8 Å². The molecule has 0 aliphatic carbocycles. The van der Waals surface area contributed by atoms with Crippen molar-refractivity contribution in [1.82, 2.24) is 5.32 Å². The molecule has 2 rings (SSSR count). The summed E-state index contributed by atoms with van der Waals surface area (Å²) in [6, 6.07) is 11.8. The van der Waals surface area contributed by atoms with Gasteiger partial charge in [-0.05, 0) is 61.9 Å². The maximum Gasteiger partial charge on any atom is 0.326 e. The first-order valence-corrected chi connectivity index (χ1v) is 10.6. The smallest absolute Gasteiger partial charge is 0.326 e. The molecule has 0 saturated carbocycles. The van der Waals surface area contributed by atoms with Crippen molar-refractivity contribution in [3.05, 3.63) is 64.2 Å². The number of aliphatic hydroxyl groups excluding tert-OH is 1. The Morgan fingerprint density at radius 1 is 1.16 bits per heavy atom. The normalized spacial score (nSPS) is 12.8. The molecule has 0 saturated heterocycles. The molecule has 7 nitrogen and oxygen atoms in total. The number of benzene rings is 2. The van der Waals surface area contributed by atoms with E-state index in [9.17, 15) is 19.8 Å². The van der Waals surface area contributed by atoms with E-state index >= 15 is 0 Å². The van der Waals surface area contributed by atoms with Crippen LogP contribution >= 0.6 is 11.6 Å². The van der Waals surface area contributed by atoms with Crippen LogP contribution in [0.1, 0.15) is 53.3 Å². The highest BCUT2D eigenvalue weighted by Gasteiger charge is 2.25. The van der Waals surface area contributed by atoms with Crippen molar-refractivity contribution in [1.29, 1.82) is 0 Å². The second-order valence-electron chi connectivity index (χ2n) is 7.27. The van der Waals surface area contributed by atoms with Gasteiger partial charge in [0.2, 0.25) is 0 Å². The molecule has 0 aliphatic rings. The third-order valence-corrected chi connectivity index (χ3v) is 5.31. The fourth-order valence-corrected chi connectivity index (χ4v) is 3.58. The van der Waals surface area contributed by atoms with Gasteiger partial charge in [-0.1, -0.05) is 41.9 Å². The number of carboxylic acids is 1. The number of methoxy groups -OCH3 is 1. The Morgan fingerprint density at radius 2 is 1.87 bits per heavy atom. The summed E-state index contributed by atoms with van der Waals surface area (Å²) in [7, 11) is 1.39. The predicted molar refractivity (Wildman–Crippen MR) is 120 cm³/mol. The van der Waals surface area contributed by atoms with Gasteiger partial charge in [0.25, 0.3) is 5.91 Å². The maximum atomic E-state index is 12.8. The van der Waals surface area contributed by atoms with Gasteiger partial charge < -0.3 is 26.0 Å². The van der Waals surface area contributed by atoms with Gasteiger partial charge in [0, 0.05) is 0 Å².